The lowest BCUT2D eigenvalue weighted by Gasteiger charge is -2.28. The van der Waals surface area contributed by atoms with Crippen LogP contribution in [0.5, 0.6) is 0 Å². The minimum atomic E-state index is -0.563. The van der Waals surface area contributed by atoms with E-state index in [1.165, 1.54) is 6.92 Å². The third-order valence-corrected chi connectivity index (χ3v) is 5.73. The zero-order chi connectivity index (χ0) is 24.9. The van der Waals surface area contributed by atoms with E-state index in [2.05, 4.69) is 37.6 Å². The molecule has 1 aliphatic heterocycles. The highest BCUT2D eigenvalue weighted by molar-refractivity contribution is 6.00. The van der Waals surface area contributed by atoms with Crippen LogP contribution in [-0.4, -0.2) is 47.2 Å². The van der Waals surface area contributed by atoms with Crippen LogP contribution in [-0.2, 0) is 9.53 Å². The molecule has 0 spiro atoms. The highest BCUT2D eigenvalue weighted by Crippen LogP contribution is 2.28. The van der Waals surface area contributed by atoms with Crippen LogP contribution in [0.15, 0.2) is 78.9 Å². The quantitative estimate of drug-likeness (QED) is 0.369. The van der Waals surface area contributed by atoms with Gasteiger partial charge >= 0.3 is 0 Å². The van der Waals surface area contributed by atoms with Gasteiger partial charge in [0.15, 0.2) is 0 Å². The molecule has 0 radical (unpaired) electrons. The summed E-state index contributed by atoms with van der Waals surface area (Å²) in [5.41, 5.74) is 4.63. The fourth-order valence-electron chi connectivity index (χ4n) is 4.04. The number of pyridine rings is 1. The lowest BCUT2D eigenvalue weighted by Crippen LogP contribution is -2.36. The number of hydrogen-bond donors (Lipinski definition) is 2. The number of aromatic nitrogens is 3. The predicted octanol–water partition coefficient (Wildman–Crippen LogP) is 5.08. The van der Waals surface area contributed by atoms with Crippen molar-refractivity contribution in [3.8, 4) is 11.3 Å². The van der Waals surface area contributed by atoms with Crippen LogP contribution in [0, 0.1) is 0 Å². The Morgan fingerprint density at radius 2 is 1.86 bits per heavy atom. The molecule has 4 aromatic rings. The Labute approximate surface area is 207 Å². The van der Waals surface area contributed by atoms with Crippen molar-refractivity contribution in [3.63, 3.8) is 0 Å². The lowest BCUT2D eigenvalue weighted by atomic mass is 10.1. The smallest absolute Gasteiger partial charge is 0.250 e. The molecule has 3 heterocycles. The largest absolute Gasteiger partial charge is 0.378 e. The van der Waals surface area contributed by atoms with Crippen molar-refractivity contribution >= 4 is 39.8 Å². The average molecular weight is 485 g/mol. The van der Waals surface area contributed by atoms with Gasteiger partial charge in [0, 0.05) is 59.6 Å². The second kappa shape index (κ2) is 10.5. The van der Waals surface area contributed by atoms with Crippen LogP contribution in [0.2, 0.25) is 0 Å². The molecular formula is C27H25FN6O2. The normalized spacial score (nSPS) is 14.1. The van der Waals surface area contributed by atoms with Crippen molar-refractivity contribution < 1.29 is 13.9 Å². The molecule has 8 nitrogen and oxygen atoms in total. The van der Waals surface area contributed by atoms with E-state index in [-0.39, 0.29) is 0 Å². The Morgan fingerprint density at radius 3 is 2.64 bits per heavy atom. The number of nitrogens with zero attached hydrogens (tertiary/aromatic N) is 4. The predicted molar refractivity (Wildman–Crippen MR) is 139 cm³/mol. The van der Waals surface area contributed by atoms with Gasteiger partial charge in [-0.1, -0.05) is 12.1 Å². The van der Waals surface area contributed by atoms with Crippen molar-refractivity contribution in [2.24, 2.45) is 0 Å². The minimum absolute atomic E-state index is 0.448. The molecule has 182 valence electrons. The number of ether oxygens (including phenoxy) is 1. The fraction of sp³-hybridized carbons (Fsp3) is 0.185. The van der Waals surface area contributed by atoms with E-state index in [0.717, 1.165) is 54.7 Å². The van der Waals surface area contributed by atoms with Crippen LogP contribution < -0.4 is 15.5 Å². The summed E-state index contributed by atoms with van der Waals surface area (Å²) in [6.07, 6.45) is 4.35. The number of rotatable bonds is 6. The first-order valence-electron chi connectivity index (χ1n) is 11.6. The second-order valence-corrected chi connectivity index (χ2v) is 8.36. The highest BCUT2D eigenvalue weighted by atomic mass is 19.1. The van der Waals surface area contributed by atoms with Gasteiger partial charge < -0.3 is 20.3 Å². The molecular weight excluding hydrogens is 459 g/mol. The van der Waals surface area contributed by atoms with Crippen LogP contribution in [0.1, 0.15) is 6.92 Å². The Morgan fingerprint density at radius 1 is 1.06 bits per heavy atom. The summed E-state index contributed by atoms with van der Waals surface area (Å²) in [7, 11) is 0. The molecule has 2 aromatic heterocycles. The molecule has 0 unspecified atom stereocenters. The van der Waals surface area contributed by atoms with Gasteiger partial charge in [0.2, 0.25) is 5.95 Å². The Kier molecular flexibility index (Phi) is 6.81. The van der Waals surface area contributed by atoms with Crippen LogP contribution >= 0.6 is 0 Å². The fourth-order valence-corrected chi connectivity index (χ4v) is 4.04. The van der Waals surface area contributed by atoms with Gasteiger partial charge in [0.1, 0.15) is 11.3 Å². The topological polar surface area (TPSA) is 92.3 Å². The van der Waals surface area contributed by atoms with Crippen molar-refractivity contribution in [1.29, 1.82) is 0 Å². The van der Waals surface area contributed by atoms with Gasteiger partial charge in [-0.3, -0.25) is 9.78 Å². The van der Waals surface area contributed by atoms with Gasteiger partial charge in [0.25, 0.3) is 5.91 Å². The number of hydrogen-bond acceptors (Lipinski definition) is 7. The van der Waals surface area contributed by atoms with Crippen molar-refractivity contribution in [2.75, 3.05) is 41.8 Å². The van der Waals surface area contributed by atoms with Crippen molar-refractivity contribution in [1.82, 2.24) is 15.0 Å². The van der Waals surface area contributed by atoms with E-state index in [4.69, 9.17) is 9.72 Å². The van der Waals surface area contributed by atoms with E-state index in [9.17, 15) is 9.18 Å². The molecule has 0 aliphatic carbocycles. The Bertz CT molecular complexity index is 1410. The maximum Gasteiger partial charge on any atom is 0.250 e. The number of anilines is 4. The molecule has 0 bridgehead atoms. The lowest BCUT2D eigenvalue weighted by molar-refractivity contribution is -0.112. The second-order valence-electron chi connectivity index (χ2n) is 8.36. The Hall–Kier alpha value is -4.37. The Balaban J connectivity index is 1.39. The molecule has 5 rings (SSSR count). The molecule has 1 aliphatic rings. The molecule has 2 aromatic carbocycles. The third-order valence-electron chi connectivity index (χ3n) is 5.73. The van der Waals surface area contributed by atoms with Gasteiger partial charge in [0.05, 0.1) is 18.9 Å². The van der Waals surface area contributed by atoms with Gasteiger partial charge in [-0.25, -0.2) is 14.4 Å². The van der Waals surface area contributed by atoms with Crippen molar-refractivity contribution in [2.45, 2.75) is 6.92 Å². The summed E-state index contributed by atoms with van der Waals surface area (Å²) in [6, 6.07) is 17.2. The number of nitrogens with one attached hydrogen (secondary N) is 2. The number of carbonyl (C=O) groups is 1. The van der Waals surface area contributed by atoms with Crippen LogP contribution in [0.25, 0.3) is 22.2 Å². The number of halogens is 1. The maximum absolute atomic E-state index is 13.0. The first kappa shape index (κ1) is 23.4. The molecule has 36 heavy (non-hydrogen) atoms. The van der Waals surface area contributed by atoms with E-state index < -0.39 is 11.7 Å². The monoisotopic (exact) mass is 484 g/mol. The number of benzene rings is 2. The summed E-state index contributed by atoms with van der Waals surface area (Å²) in [4.78, 5) is 28.0. The van der Waals surface area contributed by atoms with Crippen LogP contribution in [0.3, 0.4) is 0 Å². The molecule has 2 N–H and O–H groups in total. The maximum atomic E-state index is 13.0. The number of amides is 1. The standard InChI is InChI=1S/C27H25FN6O2/c1-18(28)15-24(35)31-22-4-2-3-19(16-22)25-26-20(9-10-29-25)17-30-27(33-26)32-21-5-7-23(8-6-21)34-11-13-36-14-12-34/h2-10,15-17H,11-14H2,1H3,(H,31,35)(H,30,32,33)/b18-15-. The first-order valence-corrected chi connectivity index (χ1v) is 11.6. The average Bonchev–Trinajstić information content (AvgIpc) is 2.89. The number of carbonyl (C=O) groups excluding carboxylic acids is 1. The number of morpholine rings is 1. The van der Waals surface area contributed by atoms with Gasteiger partial charge in [-0.05, 0) is 49.4 Å². The van der Waals surface area contributed by atoms with Gasteiger partial charge in [-0.15, -0.1) is 0 Å². The molecule has 1 saturated heterocycles. The summed E-state index contributed by atoms with van der Waals surface area (Å²) in [6.45, 7) is 4.47. The number of fused-ring (bicyclic) bond motifs is 1. The van der Waals surface area contributed by atoms with E-state index >= 15 is 0 Å². The minimum Gasteiger partial charge on any atom is -0.378 e. The molecule has 1 amide bonds. The molecule has 9 heteroatoms. The van der Waals surface area contributed by atoms with Crippen LogP contribution in [0.4, 0.5) is 27.4 Å². The third kappa shape index (κ3) is 5.47. The van der Waals surface area contributed by atoms with E-state index in [0.29, 0.717) is 22.8 Å². The SMILES string of the molecule is C/C(F)=C/C(=O)Nc1cccc(-c2nccc3cnc(Nc4ccc(N5CCOCC5)cc4)nc23)c1. The van der Waals surface area contributed by atoms with Crippen molar-refractivity contribution in [3.05, 3.63) is 78.9 Å². The van der Waals surface area contributed by atoms with E-state index in [1.807, 2.05) is 24.3 Å². The summed E-state index contributed by atoms with van der Waals surface area (Å²) in [5.74, 6) is -0.651. The number of allylic oxidation sites excluding steroid dienone is 1. The first-order chi connectivity index (χ1) is 17.5. The summed E-state index contributed by atoms with van der Waals surface area (Å²) in [5, 5.41) is 6.77. The zero-order valence-electron chi connectivity index (χ0n) is 19.7. The van der Waals surface area contributed by atoms with E-state index in [1.54, 1.807) is 30.6 Å². The zero-order valence-corrected chi connectivity index (χ0v) is 19.7. The highest BCUT2D eigenvalue weighted by Gasteiger charge is 2.12. The van der Waals surface area contributed by atoms with Gasteiger partial charge in [-0.2, -0.15) is 0 Å². The molecule has 0 atom stereocenters. The molecule has 1 fully saturated rings. The summed E-state index contributed by atoms with van der Waals surface area (Å²) >= 11 is 0. The summed E-state index contributed by atoms with van der Waals surface area (Å²) < 4.78 is 18.5. The molecule has 0 saturated carbocycles.